The van der Waals surface area contributed by atoms with Gasteiger partial charge >= 0.3 is 6.18 Å². The average molecular weight is 464 g/mol. The maximum atomic E-state index is 13.0. The zero-order valence-electron chi connectivity index (χ0n) is 18.9. The van der Waals surface area contributed by atoms with Crippen LogP contribution in [0.4, 0.5) is 13.2 Å². The summed E-state index contributed by atoms with van der Waals surface area (Å²) in [5.41, 5.74) is 2.70. The van der Waals surface area contributed by atoms with E-state index in [4.69, 9.17) is 0 Å². The first-order chi connectivity index (χ1) is 16.2. The molecule has 0 aliphatic rings. The van der Waals surface area contributed by atoms with Crippen LogP contribution < -0.4 is 5.32 Å². The first-order valence-electron chi connectivity index (χ1n) is 11.0. The van der Waals surface area contributed by atoms with Crippen LogP contribution in [0.5, 0.6) is 0 Å². The highest BCUT2D eigenvalue weighted by atomic mass is 19.4. The smallest absolute Gasteiger partial charge is 0.347 e. The third-order valence-corrected chi connectivity index (χ3v) is 5.41. The highest BCUT2D eigenvalue weighted by molar-refractivity contribution is 6.04. The predicted molar refractivity (Wildman–Crippen MR) is 126 cm³/mol. The van der Waals surface area contributed by atoms with Gasteiger partial charge < -0.3 is 5.32 Å². The molecule has 174 valence electrons. The SMILES string of the molecule is CC(C)Cc1ccc(-c2nc(C(=O)NCc3ccc(C(F)(F)F)cc3)c3ccccc3n2)cc1. The Balaban J connectivity index is 1.59. The maximum absolute atomic E-state index is 13.0. The van der Waals surface area contributed by atoms with Gasteiger partial charge in [-0.1, -0.05) is 68.4 Å². The standard InChI is InChI=1S/C27H24F3N3O/c1-17(2)15-18-7-11-20(12-8-18)25-32-23-6-4-3-5-22(23)24(33-25)26(34)31-16-19-9-13-21(14-10-19)27(28,29)30/h3-14,17H,15-16H2,1-2H3,(H,31,34). The molecule has 0 saturated carbocycles. The number of hydrogen-bond acceptors (Lipinski definition) is 3. The lowest BCUT2D eigenvalue weighted by Crippen LogP contribution is -2.24. The number of para-hydroxylation sites is 1. The van der Waals surface area contributed by atoms with Gasteiger partial charge in [0.1, 0.15) is 5.69 Å². The Kier molecular flexibility index (Phi) is 6.63. The van der Waals surface area contributed by atoms with Gasteiger partial charge in [0.05, 0.1) is 11.1 Å². The first-order valence-corrected chi connectivity index (χ1v) is 11.0. The van der Waals surface area contributed by atoms with Crippen LogP contribution in [0.25, 0.3) is 22.3 Å². The summed E-state index contributed by atoms with van der Waals surface area (Å²) in [5, 5.41) is 3.37. The number of nitrogens with zero attached hydrogens (tertiary/aromatic N) is 2. The lowest BCUT2D eigenvalue weighted by molar-refractivity contribution is -0.137. The van der Waals surface area contributed by atoms with Crippen LogP contribution in [0, 0.1) is 5.92 Å². The van der Waals surface area contributed by atoms with Crippen molar-refractivity contribution in [3.8, 4) is 11.4 Å². The number of benzene rings is 3. The monoisotopic (exact) mass is 463 g/mol. The minimum atomic E-state index is -4.40. The Morgan fingerprint density at radius 3 is 2.18 bits per heavy atom. The minimum absolute atomic E-state index is 0.0779. The highest BCUT2D eigenvalue weighted by Crippen LogP contribution is 2.29. The molecule has 0 bridgehead atoms. The summed E-state index contributed by atoms with van der Waals surface area (Å²) >= 11 is 0. The lowest BCUT2D eigenvalue weighted by atomic mass is 10.0. The summed E-state index contributed by atoms with van der Waals surface area (Å²) in [6.45, 7) is 4.40. The summed E-state index contributed by atoms with van der Waals surface area (Å²) in [6, 6.07) is 19.9. The van der Waals surface area contributed by atoms with Gasteiger partial charge in [0.25, 0.3) is 5.91 Å². The summed E-state index contributed by atoms with van der Waals surface area (Å²) in [7, 11) is 0. The Bertz CT molecular complexity index is 1300. The summed E-state index contributed by atoms with van der Waals surface area (Å²) in [6.07, 6.45) is -3.43. The number of halogens is 3. The molecule has 1 N–H and O–H groups in total. The van der Waals surface area contributed by atoms with Gasteiger partial charge in [-0.3, -0.25) is 4.79 Å². The van der Waals surface area contributed by atoms with E-state index in [0.717, 1.165) is 24.1 Å². The molecule has 0 fully saturated rings. The fraction of sp³-hybridized carbons (Fsp3) is 0.222. The Morgan fingerprint density at radius 2 is 1.53 bits per heavy atom. The normalized spacial score (nSPS) is 11.7. The van der Waals surface area contributed by atoms with Crippen LogP contribution in [0.2, 0.25) is 0 Å². The fourth-order valence-electron chi connectivity index (χ4n) is 3.72. The van der Waals surface area contributed by atoms with Crippen molar-refractivity contribution in [2.75, 3.05) is 0 Å². The summed E-state index contributed by atoms with van der Waals surface area (Å²) < 4.78 is 38.3. The van der Waals surface area contributed by atoms with Crippen molar-refractivity contribution in [2.24, 2.45) is 5.92 Å². The highest BCUT2D eigenvalue weighted by Gasteiger charge is 2.29. The molecule has 0 aliphatic heterocycles. The Morgan fingerprint density at radius 1 is 0.882 bits per heavy atom. The van der Waals surface area contributed by atoms with Crippen LogP contribution in [0.1, 0.15) is 41.0 Å². The lowest BCUT2D eigenvalue weighted by Gasteiger charge is -2.11. The van der Waals surface area contributed by atoms with Gasteiger partial charge in [-0.15, -0.1) is 0 Å². The van der Waals surface area contributed by atoms with Crippen LogP contribution in [0.15, 0.2) is 72.8 Å². The van der Waals surface area contributed by atoms with Gasteiger partial charge in [-0.25, -0.2) is 9.97 Å². The largest absolute Gasteiger partial charge is 0.416 e. The number of alkyl halides is 3. The molecule has 0 saturated heterocycles. The van der Waals surface area contributed by atoms with Gasteiger partial charge in [0.2, 0.25) is 0 Å². The maximum Gasteiger partial charge on any atom is 0.416 e. The molecule has 4 rings (SSSR count). The number of rotatable bonds is 6. The molecule has 3 aromatic carbocycles. The molecule has 4 nitrogen and oxygen atoms in total. The third-order valence-electron chi connectivity index (χ3n) is 5.41. The van der Waals surface area contributed by atoms with E-state index in [2.05, 4.69) is 29.1 Å². The first kappa shape index (κ1) is 23.4. The van der Waals surface area contributed by atoms with E-state index in [1.807, 2.05) is 36.4 Å². The van der Waals surface area contributed by atoms with Crippen molar-refractivity contribution in [3.63, 3.8) is 0 Å². The van der Waals surface area contributed by atoms with Crippen LogP contribution in [-0.4, -0.2) is 15.9 Å². The second kappa shape index (κ2) is 9.63. The third kappa shape index (κ3) is 5.42. The summed E-state index contributed by atoms with van der Waals surface area (Å²) in [4.78, 5) is 22.2. The zero-order chi connectivity index (χ0) is 24.3. The van der Waals surface area contributed by atoms with E-state index in [1.54, 1.807) is 12.1 Å². The zero-order valence-corrected chi connectivity index (χ0v) is 18.9. The molecule has 0 atom stereocenters. The fourth-order valence-corrected chi connectivity index (χ4v) is 3.72. The molecular weight excluding hydrogens is 439 g/mol. The van der Waals surface area contributed by atoms with Crippen LogP contribution in [0.3, 0.4) is 0 Å². The number of aromatic nitrogens is 2. The van der Waals surface area contributed by atoms with E-state index >= 15 is 0 Å². The van der Waals surface area contributed by atoms with Crippen molar-refractivity contribution in [3.05, 3.63) is 95.2 Å². The molecule has 1 heterocycles. The van der Waals surface area contributed by atoms with Crippen molar-refractivity contribution in [1.29, 1.82) is 0 Å². The van der Waals surface area contributed by atoms with Gasteiger partial charge in [-0.2, -0.15) is 13.2 Å². The molecule has 1 aromatic heterocycles. The molecule has 0 aliphatic carbocycles. The number of nitrogens with one attached hydrogen (secondary N) is 1. The van der Waals surface area contributed by atoms with Crippen molar-refractivity contribution in [2.45, 2.75) is 33.0 Å². The van der Waals surface area contributed by atoms with Crippen LogP contribution in [-0.2, 0) is 19.1 Å². The van der Waals surface area contributed by atoms with Gasteiger partial charge in [0, 0.05) is 17.5 Å². The molecule has 34 heavy (non-hydrogen) atoms. The number of carbonyl (C=O) groups excluding carboxylic acids is 1. The number of amides is 1. The molecule has 1 amide bonds. The second-order valence-electron chi connectivity index (χ2n) is 8.59. The topological polar surface area (TPSA) is 54.9 Å². The molecule has 4 aromatic rings. The summed E-state index contributed by atoms with van der Waals surface area (Å²) in [5.74, 6) is 0.563. The van der Waals surface area contributed by atoms with E-state index in [0.29, 0.717) is 28.2 Å². The molecule has 0 radical (unpaired) electrons. The Hall–Kier alpha value is -3.74. The number of hydrogen-bond donors (Lipinski definition) is 1. The van der Waals surface area contributed by atoms with E-state index in [9.17, 15) is 18.0 Å². The molecule has 0 spiro atoms. The van der Waals surface area contributed by atoms with Crippen molar-refractivity contribution < 1.29 is 18.0 Å². The second-order valence-corrected chi connectivity index (χ2v) is 8.59. The predicted octanol–water partition coefficient (Wildman–Crippen LogP) is 6.44. The van der Waals surface area contributed by atoms with Crippen LogP contribution >= 0.6 is 0 Å². The van der Waals surface area contributed by atoms with Gasteiger partial charge in [-0.05, 0) is 41.7 Å². The van der Waals surface area contributed by atoms with E-state index in [1.165, 1.54) is 17.7 Å². The average Bonchev–Trinajstić information content (AvgIpc) is 2.81. The minimum Gasteiger partial charge on any atom is -0.347 e. The molecule has 7 heteroatoms. The van der Waals surface area contributed by atoms with E-state index in [-0.39, 0.29) is 12.2 Å². The molecule has 0 unspecified atom stereocenters. The van der Waals surface area contributed by atoms with E-state index < -0.39 is 17.6 Å². The quantitative estimate of drug-likeness (QED) is 0.358. The Labute approximate surface area is 195 Å². The number of fused-ring (bicyclic) bond motifs is 1. The van der Waals surface area contributed by atoms with Crippen molar-refractivity contribution in [1.82, 2.24) is 15.3 Å². The van der Waals surface area contributed by atoms with Gasteiger partial charge in [0.15, 0.2) is 5.82 Å². The van der Waals surface area contributed by atoms with Crippen molar-refractivity contribution >= 4 is 16.8 Å². The molecular formula is C27H24F3N3O. The number of carbonyl (C=O) groups is 1.